The summed E-state index contributed by atoms with van der Waals surface area (Å²) in [7, 11) is 1.50. The summed E-state index contributed by atoms with van der Waals surface area (Å²) in [5, 5.41) is 9.62. The highest BCUT2D eigenvalue weighted by Crippen LogP contribution is 2.33. The number of benzene rings is 3. The number of likely N-dealkylation sites (tertiary alicyclic amines) is 2. The first-order valence-electron chi connectivity index (χ1n) is 20.8. The maximum Gasteiger partial charge on any atom is 0.361 e. The predicted molar refractivity (Wildman–Crippen MR) is 229 cm³/mol. The Morgan fingerprint density at radius 2 is 1.68 bits per heavy atom. The van der Waals surface area contributed by atoms with Crippen molar-refractivity contribution in [2.24, 2.45) is 5.92 Å². The number of nitrogens with one attached hydrogen (secondary N) is 2. The second kappa shape index (κ2) is 18.8. The summed E-state index contributed by atoms with van der Waals surface area (Å²) in [6.45, 7) is 4.17. The lowest BCUT2D eigenvalue weighted by atomic mass is 9.94. The number of carbonyl (C=O) groups excluding carboxylic acids is 5. The fourth-order valence-electron chi connectivity index (χ4n) is 8.22. The van der Waals surface area contributed by atoms with Gasteiger partial charge in [0.15, 0.2) is 11.5 Å². The molecule has 5 heterocycles. The van der Waals surface area contributed by atoms with Gasteiger partial charge in [0, 0.05) is 74.3 Å². The van der Waals surface area contributed by atoms with E-state index >= 15 is 0 Å². The van der Waals surface area contributed by atoms with E-state index in [1.165, 1.54) is 42.5 Å². The van der Waals surface area contributed by atoms with Crippen molar-refractivity contribution in [2.45, 2.75) is 44.2 Å². The van der Waals surface area contributed by atoms with Gasteiger partial charge in [0.1, 0.15) is 11.6 Å². The first-order valence-corrected chi connectivity index (χ1v) is 20.8. The number of nitrogens with zero attached hydrogens (tertiary/aromatic N) is 7. The molecular formula is C45H47FN10O7. The van der Waals surface area contributed by atoms with E-state index in [2.05, 4.69) is 30.6 Å². The van der Waals surface area contributed by atoms with Crippen LogP contribution in [-0.4, -0.2) is 106 Å². The van der Waals surface area contributed by atoms with Crippen LogP contribution in [0.15, 0.2) is 91.4 Å². The smallest absolute Gasteiger partial charge is 0.361 e. The molecule has 0 saturated carbocycles. The number of piperidine rings is 2. The monoisotopic (exact) mass is 858 g/mol. The minimum atomic E-state index is -1.37. The van der Waals surface area contributed by atoms with Gasteiger partial charge in [0.2, 0.25) is 12.0 Å². The second-order valence-corrected chi connectivity index (χ2v) is 15.8. The quantitative estimate of drug-likeness (QED) is 0.138. The zero-order valence-electron chi connectivity index (χ0n) is 34.6. The van der Waals surface area contributed by atoms with Crippen molar-refractivity contribution < 1.29 is 37.8 Å². The standard InChI is InChI=1S/C45H47FN10O7/c1-62-37-12-7-30(23-36(37)55-22-17-38(57)52-45(55)61)43(59)54-20-13-28(14-21-54)26-53-18-15-34(16-19-53)56-27-31(24-49-56)35-25-48-41(47)39(51-35)44(60)63-40(29-5-3-2-4-6-29)42(58)50-33-10-8-32(46)9-11-33/h2-12,23-25,27-28,34,40H,13-22,26H2,1H3,(H2,47,48)(H,50,58)(H,52,57,61)/t40-/m1/s1. The van der Waals surface area contributed by atoms with Gasteiger partial charge in [0.05, 0.1) is 36.9 Å². The maximum absolute atomic E-state index is 13.6. The fraction of sp³-hybridized carbons (Fsp3) is 0.333. The second-order valence-electron chi connectivity index (χ2n) is 15.8. The van der Waals surface area contributed by atoms with Gasteiger partial charge in [-0.3, -0.25) is 29.3 Å². The van der Waals surface area contributed by atoms with E-state index in [1.807, 2.05) is 15.8 Å². The lowest BCUT2D eigenvalue weighted by Gasteiger charge is -2.37. The number of nitrogens with two attached hydrogens (primary N) is 1. The molecule has 2 aromatic heterocycles. The van der Waals surface area contributed by atoms with Crippen molar-refractivity contribution in [3.8, 4) is 17.0 Å². The number of methoxy groups -OCH3 is 1. The van der Waals surface area contributed by atoms with Crippen LogP contribution in [-0.2, 0) is 14.3 Å². The normalized spacial score (nSPS) is 16.9. The summed E-state index contributed by atoms with van der Waals surface area (Å²) in [5.74, 6) is -1.77. The molecule has 0 bridgehead atoms. The Morgan fingerprint density at radius 3 is 2.40 bits per heavy atom. The minimum Gasteiger partial charge on any atom is -0.495 e. The van der Waals surface area contributed by atoms with E-state index in [1.54, 1.807) is 54.7 Å². The lowest BCUT2D eigenvalue weighted by molar-refractivity contribution is -0.125. The number of aromatic nitrogens is 4. The van der Waals surface area contributed by atoms with Crippen LogP contribution in [0.3, 0.4) is 0 Å². The summed E-state index contributed by atoms with van der Waals surface area (Å²) in [6.07, 6.45) is 7.31. The number of imide groups is 1. The van der Waals surface area contributed by atoms with Crippen LogP contribution >= 0.6 is 0 Å². The van der Waals surface area contributed by atoms with Gasteiger partial charge in [-0.15, -0.1) is 0 Å². The summed E-state index contributed by atoms with van der Waals surface area (Å²) < 4.78 is 26.6. The summed E-state index contributed by atoms with van der Waals surface area (Å²) in [6, 6.07) is 18.4. The van der Waals surface area contributed by atoms with Gasteiger partial charge in [0.25, 0.3) is 11.8 Å². The number of hydrogen-bond acceptors (Lipinski definition) is 12. The molecule has 63 heavy (non-hydrogen) atoms. The minimum absolute atomic E-state index is 0.105. The molecule has 5 amide bonds. The molecule has 18 heteroatoms. The maximum atomic E-state index is 13.6. The van der Waals surface area contributed by atoms with Crippen LogP contribution in [0.25, 0.3) is 11.3 Å². The molecule has 3 saturated heterocycles. The molecule has 3 aromatic carbocycles. The molecule has 0 aliphatic carbocycles. The van der Waals surface area contributed by atoms with E-state index in [-0.39, 0.29) is 42.3 Å². The van der Waals surface area contributed by atoms with E-state index in [0.717, 1.165) is 45.3 Å². The number of urea groups is 1. The zero-order valence-corrected chi connectivity index (χ0v) is 34.6. The van der Waals surface area contributed by atoms with Gasteiger partial charge >= 0.3 is 12.0 Å². The van der Waals surface area contributed by atoms with Crippen molar-refractivity contribution in [2.75, 3.05) is 62.3 Å². The van der Waals surface area contributed by atoms with E-state index < -0.39 is 29.8 Å². The number of anilines is 3. The highest BCUT2D eigenvalue weighted by molar-refractivity contribution is 6.07. The average molecular weight is 859 g/mol. The molecule has 0 unspecified atom stereocenters. The molecule has 0 radical (unpaired) electrons. The van der Waals surface area contributed by atoms with Crippen molar-refractivity contribution in [3.63, 3.8) is 0 Å². The molecule has 8 rings (SSSR count). The predicted octanol–water partition coefficient (Wildman–Crippen LogP) is 5.24. The number of amides is 5. The number of rotatable bonds is 12. The number of ether oxygens (including phenoxy) is 2. The Bertz CT molecular complexity index is 2490. The first-order chi connectivity index (χ1) is 30.5. The number of esters is 1. The van der Waals surface area contributed by atoms with E-state index in [0.29, 0.717) is 58.5 Å². The Morgan fingerprint density at radius 1 is 0.937 bits per heavy atom. The summed E-state index contributed by atoms with van der Waals surface area (Å²) >= 11 is 0. The summed E-state index contributed by atoms with van der Waals surface area (Å²) in [5.41, 5.74) is 8.49. The van der Waals surface area contributed by atoms with Gasteiger partial charge < -0.3 is 30.3 Å². The third kappa shape index (κ3) is 9.80. The van der Waals surface area contributed by atoms with Crippen molar-refractivity contribution in [1.82, 2.24) is 34.9 Å². The molecular weight excluding hydrogens is 812 g/mol. The lowest BCUT2D eigenvalue weighted by Crippen LogP contribution is -2.49. The highest BCUT2D eigenvalue weighted by Gasteiger charge is 2.32. The topological polar surface area (TPSA) is 207 Å². The molecule has 326 valence electrons. The van der Waals surface area contributed by atoms with Crippen LogP contribution in [0.4, 0.5) is 26.4 Å². The molecule has 3 aliphatic rings. The van der Waals surface area contributed by atoms with Crippen LogP contribution < -0.4 is 26.0 Å². The number of halogens is 1. The first kappa shape index (κ1) is 42.5. The Labute approximate surface area is 362 Å². The largest absolute Gasteiger partial charge is 0.495 e. The summed E-state index contributed by atoms with van der Waals surface area (Å²) in [4.78, 5) is 79.2. The SMILES string of the molecule is COc1ccc(C(=O)N2CCC(CN3CCC(n4cc(-c5cnc(N)c(C(=O)O[C@@H](C(=O)Nc6ccc(F)cc6)c6ccccc6)n5)cn4)CC3)CC2)cc1N1CCC(=O)NC1=O. The molecule has 3 aliphatic heterocycles. The van der Waals surface area contributed by atoms with Crippen molar-refractivity contribution in [1.29, 1.82) is 0 Å². The molecule has 17 nitrogen and oxygen atoms in total. The Hall–Kier alpha value is -7.21. The number of hydrogen-bond donors (Lipinski definition) is 3. The van der Waals surface area contributed by atoms with Crippen LogP contribution in [0.5, 0.6) is 5.75 Å². The molecule has 1 atom stereocenters. The zero-order chi connectivity index (χ0) is 44.0. The van der Waals surface area contributed by atoms with Crippen molar-refractivity contribution >= 4 is 46.9 Å². The number of nitrogen functional groups attached to an aromatic ring is 1. The van der Waals surface area contributed by atoms with Gasteiger partial charge in [-0.05, 0) is 74.1 Å². The van der Waals surface area contributed by atoms with Crippen LogP contribution in [0.1, 0.15) is 70.7 Å². The van der Waals surface area contributed by atoms with Crippen molar-refractivity contribution in [3.05, 3.63) is 114 Å². The average Bonchev–Trinajstić information content (AvgIpc) is 3.80. The molecule has 3 fully saturated rings. The fourth-order valence-corrected chi connectivity index (χ4v) is 8.22. The Balaban J connectivity index is 0.839. The van der Waals surface area contributed by atoms with Gasteiger partial charge in [-0.2, -0.15) is 5.10 Å². The van der Waals surface area contributed by atoms with E-state index in [9.17, 15) is 28.4 Å². The molecule has 4 N–H and O–H groups in total. The third-order valence-electron chi connectivity index (χ3n) is 11.7. The molecule has 5 aromatic rings. The van der Waals surface area contributed by atoms with Gasteiger partial charge in [-0.25, -0.2) is 23.9 Å². The third-order valence-corrected chi connectivity index (χ3v) is 11.7. The number of carbonyl (C=O) groups is 5. The molecule has 0 spiro atoms. The highest BCUT2D eigenvalue weighted by atomic mass is 19.1. The van der Waals surface area contributed by atoms with Crippen LogP contribution in [0.2, 0.25) is 0 Å². The van der Waals surface area contributed by atoms with E-state index in [4.69, 9.17) is 15.2 Å². The van der Waals surface area contributed by atoms with Gasteiger partial charge in [-0.1, -0.05) is 30.3 Å². The van der Waals surface area contributed by atoms with Crippen LogP contribution in [0, 0.1) is 11.7 Å². The Kier molecular flexibility index (Phi) is 12.7.